The van der Waals surface area contributed by atoms with Gasteiger partial charge in [0.15, 0.2) is 0 Å². The number of rotatable bonds is 6. The second-order valence-electron chi connectivity index (χ2n) is 5.46. The van der Waals surface area contributed by atoms with Crippen molar-refractivity contribution < 1.29 is 0 Å². The van der Waals surface area contributed by atoms with E-state index in [1.807, 2.05) is 11.8 Å². The lowest BCUT2D eigenvalue weighted by Crippen LogP contribution is -2.16. The van der Waals surface area contributed by atoms with Crippen molar-refractivity contribution in [3.05, 3.63) is 35.4 Å². The lowest BCUT2D eigenvalue weighted by molar-refractivity contribution is 0.419. The van der Waals surface area contributed by atoms with Crippen LogP contribution in [0, 0.1) is 0 Å². The van der Waals surface area contributed by atoms with Crippen molar-refractivity contribution in [1.29, 1.82) is 0 Å². The van der Waals surface area contributed by atoms with Crippen LogP contribution in [0.3, 0.4) is 0 Å². The van der Waals surface area contributed by atoms with Gasteiger partial charge in [-0.3, -0.25) is 0 Å². The van der Waals surface area contributed by atoms with E-state index in [0.29, 0.717) is 5.25 Å². The molecule has 0 spiro atoms. The van der Waals surface area contributed by atoms with Crippen LogP contribution in [0.25, 0.3) is 0 Å². The van der Waals surface area contributed by atoms with Crippen molar-refractivity contribution >= 4 is 11.8 Å². The molecule has 0 radical (unpaired) electrons. The van der Waals surface area contributed by atoms with Gasteiger partial charge in [-0.2, -0.15) is 11.8 Å². The molecule has 0 heterocycles. The highest BCUT2D eigenvalue weighted by Crippen LogP contribution is 2.37. The molecule has 2 rings (SSSR count). The summed E-state index contributed by atoms with van der Waals surface area (Å²) in [4.78, 5) is 0. The summed E-state index contributed by atoms with van der Waals surface area (Å²) in [6, 6.07) is 9.15. The molecule has 2 heteroatoms. The van der Waals surface area contributed by atoms with Crippen LogP contribution in [-0.4, -0.2) is 11.0 Å². The topological polar surface area (TPSA) is 26.0 Å². The Balaban J connectivity index is 1.94. The summed E-state index contributed by atoms with van der Waals surface area (Å²) in [5.41, 5.74) is 9.12. The van der Waals surface area contributed by atoms with Gasteiger partial charge in [0.1, 0.15) is 0 Å². The molecule has 1 fully saturated rings. The van der Waals surface area contributed by atoms with Crippen molar-refractivity contribution in [3.63, 3.8) is 0 Å². The normalized spacial score (nSPS) is 19.3. The Morgan fingerprint density at radius 1 is 1.39 bits per heavy atom. The summed E-state index contributed by atoms with van der Waals surface area (Å²) in [7, 11) is 0. The van der Waals surface area contributed by atoms with E-state index in [9.17, 15) is 0 Å². The van der Waals surface area contributed by atoms with Crippen molar-refractivity contribution in [1.82, 2.24) is 0 Å². The molecule has 100 valence electrons. The second kappa shape index (κ2) is 6.63. The molecule has 1 aliphatic carbocycles. The van der Waals surface area contributed by atoms with Crippen LogP contribution >= 0.6 is 11.8 Å². The third-order valence-electron chi connectivity index (χ3n) is 4.05. The maximum Gasteiger partial charge on any atom is 0.0386 e. The van der Waals surface area contributed by atoms with Crippen molar-refractivity contribution in [2.24, 2.45) is 5.73 Å². The van der Waals surface area contributed by atoms with Gasteiger partial charge in [-0.25, -0.2) is 0 Å². The average Bonchev–Trinajstić information content (AvgIpc) is 2.33. The predicted molar refractivity (Wildman–Crippen MR) is 82.2 cm³/mol. The van der Waals surface area contributed by atoms with Crippen LogP contribution in [-0.2, 0) is 0 Å². The minimum atomic E-state index is 0.184. The van der Waals surface area contributed by atoms with Crippen LogP contribution < -0.4 is 5.73 Å². The standard InChI is InChI=1S/C16H25NS/c1-3-12(2)18-11-16(17)15-9-5-8-14(10-15)13-6-4-7-13/h5,8-10,12-13,16H,3-4,6-7,11,17H2,1-2H3. The molecule has 0 aromatic heterocycles. The molecule has 0 aliphatic heterocycles. The Bertz CT molecular complexity index is 373. The van der Waals surface area contributed by atoms with E-state index in [1.165, 1.54) is 36.8 Å². The lowest BCUT2D eigenvalue weighted by Gasteiger charge is -2.26. The van der Waals surface area contributed by atoms with Gasteiger partial charge >= 0.3 is 0 Å². The lowest BCUT2D eigenvalue weighted by atomic mass is 9.79. The minimum absolute atomic E-state index is 0.184. The highest BCUT2D eigenvalue weighted by Gasteiger charge is 2.20. The fraction of sp³-hybridized carbons (Fsp3) is 0.625. The fourth-order valence-electron chi connectivity index (χ4n) is 2.27. The van der Waals surface area contributed by atoms with E-state index < -0.39 is 0 Å². The molecule has 1 aromatic carbocycles. The first kappa shape index (κ1) is 14.0. The Labute approximate surface area is 116 Å². The van der Waals surface area contributed by atoms with Gasteiger partial charge in [0, 0.05) is 17.0 Å². The molecular formula is C16H25NS. The zero-order chi connectivity index (χ0) is 13.0. The molecule has 0 saturated heterocycles. The molecule has 1 aliphatic rings. The smallest absolute Gasteiger partial charge is 0.0386 e. The fourth-order valence-corrected chi connectivity index (χ4v) is 3.23. The van der Waals surface area contributed by atoms with Crippen LogP contribution in [0.15, 0.2) is 24.3 Å². The van der Waals surface area contributed by atoms with E-state index in [1.54, 1.807) is 0 Å². The Morgan fingerprint density at radius 2 is 2.17 bits per heavy atom. The summed E-state index contributed by atoms with van der Waals surface area (Å²) in [6.07, 6.45) is 5.34. The number of benzene rings is 1. The molecule has 2 atom stereocenters. The third kappa shape index (κ3) is 3.52. The number of hydrogen-bond donors (Lipinski definition) is 1. The van der Waals surface area contributed by atoms with Crippen LogP contribution in [0.2, 0.25) is 0 Å². The van der Waals surface area contributed by atoms with Crippen LogP contribution in [0.1, 0.15) is 62.6 Å². The Morgan fingerprint density at radius 3 is 2.78 bits per heavy atom. The van der Waals surface area contributed by atoms with Crippen LogP contribution in [0.4, 0.5) is 0 Å². The van der Waals surface area contributed by atoms with E-state index in [2.05, 4.69) is 38.1 Å². The third-order valence-corrected chi connectivity index (χ3v) is 5.50. The Hall–Kier alpha value is -0.470. The van der Waals surface area contributed by atoms with E-state index in [-0.39, 0.29) is 6.04 Å². The largest absolute Gasteiger partial charge is 0.323 e. The van der Waals surface area contributed by atoms with Gasteiger partial charge in [0.2, 0.25) is 0 Å². The van der Waals surface area contributed by atoms with E-state index in [4.69, 9.17) is 5.73 Å². The molecule has 0 bridgehead atoms. The van der Waals surface area contributed by atoms with Gasteiger partial charge < -0.3 is 5.73 Å². The summed E-state index contributed by atoms with van der Waals surface area (Å²) >= 11 is 1.99. The second-order valence-corrected chi connectivity index (χ2v) is 6.93. The maximum absolute atomic E-state index is 6.31. The zero-order valence-electron chi connectivity index (χ0n) is 11.6. The first-order chi connectivity index (χ1) is 8.70. The van der Waals surface area contributed by atoms with Gasteiger partial charge in [0.05, 0.1) is 0 Å². The van der Waals surface area contributed by atoms with E-state index in [0.717, 1.165) is 11.7 Å². The van der Waals surface area contributed by atoms with Gasteiger partial charge in [-0.1, -0.05) is 44.5 Å². The molecule has 18 heavy (non-hydrogen) atoms. The first-order valence-electron chi connectivity index (χ1n) is 7.17. The predicted octanol–water partition coefficient (Wildman–Crippen LogP) is 4.49. The summed E-state index contributed by atoms with van der Waals surface area (Å²) < 4.78 is 0. The molecule has 1 nitrogen and oxygen atoms in total. The average molecular weight is 263 g/mol. The molecule has 1 aromatic rings. The highest BCUT2D eigenvalue weighted by atomic mass is 32.2. The Kier molecular flexibility index (Phi) is 5.13. The van der Waals surface area contributed by atoms with Crippen molar-refractivity contribution in [2.45, 2.75) is 56.7 Å². The number of nitrogens with two attached hydrogens (primary N) is 1. The molecule has 1 saturated carbocycles. The molecule has 0 amide bonds. The summed E-state index contributed by atoms with van der Waals surface area (Å²) in [5, 5.41) is 0.714. The molecular weight excluding hydrogens is 238 g/mol. The van der Waals surface area contributed by atoms with E-state index >= 15 is 0 Å². The summed E-state index contributed by atoms with van der Waals surface area (Å²) in [6.45, 7) is 4.52. The zero-order valence-corrected chi connectivity index (χ0v) is 12.4. The molecule has 2 N–H and O–H groups in total. The van der Waals surface area contributed by atoms with Crippen molar-refractivity contribution in [3.8, 4) is 0 Å². The minimum Gasteiger partial charge on any atom is -0.323 e. The van der Waals surface area contributed by atoms with Gasteiger partial charge in [-0.05, 0) is 36.3 Å². The quantitative estimate of drug-likeness (QED) is 0.818. The molecule has 2 unspecified atom stereocenters. The van der Waals surface area contributed by atoms with Gasteiger partial charge in [0.25, 0.3) is 0 Å². The number of thioether (sulfide) groups is 1. The number of hydrogen-bond acceptors (Lipinski definition) is 2. The van der Waals surface area contributed by atoms with Gasteiger partial charge in [-0.15, -0.1) is 0 Å². The first-order valence-corrected chi connectivity index (χ1v) is 8.22. The van der Waals surface area contributed by atoms with Crippen molar-refractivity contribution in [2.75, 3.05) is 5.75 Å². The van der Waals surface area contributed by atoms with Crippen LogP contribution in [0.5, 0.6) is 0 Å². The monoisotopic (exact) mass is 263 g/mol. The maximum atomic E-state index is 6.31. The highest BCUT2D eigenvalue weighted by molar-refractivity contribution is 7.99. The summed E-state index contributed by atoms with van der Waals surface area (Å²) in [5.74, 6) is 1.84. The SMILES string of the molecule is CCC(C)SCC(N)c1cccc(C2CCC2)c1.